The summed E-state index contributed by atoms with van der Waals surface area (Å²) in [5, 5.41) is 8.96. The van der Waals surface area contributed by atoms with Crippen LogP contribution in [0.25, 0.3) is 0 Å². The van der Waals surface area contributed by atoms with E-state index in [1.54, 1.807) is 0 Å². The Morgan fingerprint density at radius 1 is 1.18 bits per heavy atom. The van der Waals surface area contributed by atoms with Crippen molar-refractivity contribution < 1.29 is 19.4 Å². The number of thioether (sulfide) groups is 3. The lowest BCUT2D eigenvalue weighted by Crippen LogP contribution is -2.26. The van der Waals surface area contributed by atoms with E-state index in [0.29, 0.717) is 9.14 Å². The molecule has 1 heterocycles. The van der Waals surface area contributed by atoms with Gasteiger partial charge in [-0.15, -0.1) is 0 Å². The number of carboxylic acids is 1. The van der Waals surface area contributed by atoms with Gasteiger partial charge in [-0.2, -0.15) is 0 Å². The highest BCUT2D eigenvalue weighted by molar-refractivity contribution is 8.39. The Kier molecular flexibility index (Phi) is 5.52. The second kappa shape index (κ2) is 7.02. The van der Waals surface area contributed by atoms with E-state index < -0.39 is 22.1 Å². The lowest BCUT2D eigenvalue weighted by Gasteiger charge is -2.27. The maximum Gasteiger partial charge on any atom is 0.347 e. The van der Waals surface area contributed by atoms with Gasteiger partial charge >= 0.3 is 11.9 Å². The maximum atomic E-state index is 12.4. The second-order valence-corrected chi connectivity index (χ2v) is 9.31. The number of hydrogen-bond donors (Lipinski definition) is 1. The normalized spacial score (nSPS) is 17.6. The van der Waals surface area contributed by atoms with E-state index in [0.717, 1.165) is 4.90 Å². The first-order valence-corrected chi connectivity index (χ1v) is 9.10. The molecule has 1 fully saturated rings. The number of carbonyl (C=O) groups is 2. The van der Waals surface area contributed by atoms with Crippen molar-refractivity contribution in [2.75, 3.05) is 0 Å². The molecule has 0 spiro atoms. The standard InChI is InChI=1S/C15H16O4S3/c1-15(2,3)19-12(18)10(13-21-14(22-13)11(16)17)20-9-7-5-4-6-8-9/h4-8,14H,1-3H3,(H,16,17). The van der Waals surface area contributed by atoms with Crippen LogP contribution in [0, 0.1) is 0 Å². The fourth-order valence-electron chi connectivity index (χ4n) is 1.51. The Labute approximate surface area is 142 Å². The molecule has 1 N–H and O–H groups in total. The van der Waals surface area contributed by atoms with E-state index in [2.05, 4.69) is 0 Å². The first-order chi connectivity index (χ1) is 10.3. The van der Waals surface area contributed by atoms with Gasteiger partial charge in [0.15, 0.2) is 4.58 Å². The predicted molar refractivity (Wildman–Crippen MR) is 91.8 cm³/mol. The van der Waals surface area contributed by atoms with E-state index in [1.165, 1.54) is 35.3 Å². The highest BCUT2D eigenvalue weighted by Crippen LogP contribution is 2.55. The van der Waals surface area contributed by atoms with Crippen molar-refractivity contribution in [3.8, 4) is 0 Å². The van der Waals surface area contributed by atoms with Gasteiger partial charge in [0, 0.05) is 4.90 Å². The van der Waals surface area contributed by atoms with Crippen LogP contribution < -0.4 is 0 Å². The molecule has 0 radical (unpaired) electrons. The Hall–Kier alpha value is -1.05. The van der Waals surface area contributed by atoms with Gasteiger partial charge in [0.05, 0.1) is 4.24 Å². The predicted octanol–water partition coefficient (Wildman–Crippen LogP) is 4.18. The lowest BCUT2D eigenvalue weighted by molar-refractivity contribution is -0.149. The first-order valence-electron chi connectivity index (χ1n) is 6.53. The smallest absolute Gasteiger partial charge is 0.347 e. The number of benzene rings is 1. The van der Waals surface area contributed by atoms with Crippen LogP contribution >= 0.6 is 35.3 Å². The molecule has 0 atom stereocenters. The summed E-state index contributed by atoms with van der Waals surface area (Å²) in [4.78, 5) is 24.7. The van der Waals surface area contributed by atoms with Crippen LogP contribution in [0.15, 0.2) is 44.4 Å². The fourth-order valence-corrected chi connectivity index (χ4v) is 4.64. The van der Waals surface area contributed by atoms with Gasteiger partial charge in [0.1, 0.15) is 10.5 Å². The SMILES string of the molecule is CC(C)(C)OC(=O)C(Sc1ccccc1)=C1SC(C(=O)O)S1. The fraction of sp³-hybridized carbons (Fsp3) is 0.333. The summed E-state index contributed by atoms with van der Waals surface area (Å²) in [5.41, 5.74) is -0.592. The molecule has 4 nitrogen and oxygen atoms in total. The monoisotopic (exact) mass is 356 g/mol. The van der Waals surface area contributed by atoms with Crippen LogP contribution in [0.1, 0.15) is 20.8 Å². The average Bonchev–Trinajstić information content (AvgIpc) is 2.34. The minimum Gasteiger partial charge on any atom is -0.480 e. The molecule has 1 aliphatic heterocycles. The van der Waals surface area contributed by atoms with Crippen molar-refractivity contribution in [2.24, 2.45) is 0 Å². The average molecular weight is 356 g/mol. The molecule has 0 bridgehead atoms. The van der Waals surface area contributed by atoms with Gasteiger partial charge in [-0.05, 0) is 32.9 Å². The molecule has 0 aromatic heterocycles. The van der Waals surface area contributed by atoms with E-state index in [4.69, 9.17) is 9.84 Å². The van der Waals surface area contributed by atoms with Crippen molar-refractivity contribution in [3.63, 3.8) is 0 Å². The van der Waals surface area contributed by atoms with Crippen LogP contribution in [-0.4, -0.2) is 27.2 Å². The summed E-state index contributed by atoms with van der Waals surface area (Å²) in [6, 6.07) is 9.48. The Morgan fingerprint density at radius 2 is 1.77 bits per heavy atom. The Bertz CT molecular complexity index is 597. The zero-order valence-corrected chi connectivity index (χ0v) is 14.8. The molecule has 1 aromatic carbocycles. The quantitative estimate of drug-likeness (QED) is 0.493. The van der Waals surface area contributed by atoms with Crippen molar-refractivity contribution in [2.45, 2.75) is 35.8 Å². The zero-order valence-electron chi connectivity index (χ0n) is 12.4. The maximum absolute atomic E-state index is 12.4. The zero-order chi connectivity index (χ0) is 16.3. The summed E-state index contributed by atoms with van der Waals surface area (Å²) in [6.07, 6.45) is 0. The third-order valence-electron chi connectivity index (χ3n) is 2.36. The van der Waals surface area contributed by atoms with Crippen molar-refractivity contribution in [1.29, 1.82) is 0 Å². The van der Waals surface area contributed by atoms with Gasteiger partial charge in [-0.3, -0.25) is 4.79 Å². The van der Waals surface area contributed by atoms with Gasteiger partial charge in [-0.25, -0.2) is 4.79 Å². The van der Waals surface area contributed by atoms with E-state index in [1.807, 2.05) is 51.1 Å². The Balaban J connectivity index is 2.20. The summed E-state index contributed by atoms with van der Waals surface area (Å²) in [6.45, 7) is 5.42. The molecule has 118 valence electrons. The van der Waals surface area contributed by atoms with Crippen molar-refractivity contribution >= 4 is 47.2 Å². The van der Waals surface area contributed by atoms with Crippen LogP contribution in [-0.2, 0) is 14.3 Å². The van der Waals surface area contributed by atoms with Gasteiger partial charge in [0.2, 0.25) is 0 Å². The highest BCUT2D eigenvalue weighted by Gasteiger charge is 2.37. The third-order valence-corrected chi connectivity index (χ3v) is 6.53. The molecule has 1 aromatic rings. The number of rotatable bonds is 4. The van der Waals surface area contributed by atoms with Crippen molar-refractivity contribution in [1.82, 2.24) is 0 Å². The minimum absolute atomic E-state index is 0.416. The largest absolute Gasteiger partial charge is 0.480 e. The molecule has 0 aliphatic carbocycles. The molecule has 1 aliphatic rings. The van der Waals surface area contributed by atoms with Gasteiger partial charge in [-0.1, -0.05) is 53.5 Å². The third kappa shape index (κ3) is 4.72. The number of carboxylic acid groups (broad SMARTS) is 1. The van der Waals surface area contributed by atoms with Crippen LogP contribution in [0.2, 0.25) is 0 Å². The summed E-state index contributed by atoms with van der Waals surface area (Å²) >= 11 is 3.68. The van der Waals surface area contributed by atoms with Crippen molar-refractivity contribution in [3.05, 3.63) is 39.5 Å². The topological polar surface area (TPSA) is 63.6 Å². The van der Waals surface area contributed by atoms with Gasteiger partial charge in [0.25, 0.3) is 0 Å². The molecule has 0 unspecified atom stereocenters. The van der Waals surface area contributed by atoms with Gasteiger partial charge < -0.3 is 9.84 Å². The molecule has 0 saturated carbocycles. The first kappa shape index (κ1) is 17.3. The van der Waals surface area contributed by atoms with Crippen LogP contribution in [0.5, 0.6) is 0 Å². The number of aliphatic carboxylic acids is 1. The van der Waals surface area contributed by atoms with Crippen LogP contribution in [0.4, 0.5) is 0 Å². The molecule has 22 heavy (non-hydrogen) atoms. The van der Waals surface area contributed by atoms with E-state index in [9.17, 15) is 9.59 Å². The number of hydrogen-bond acceptors (Lipinski definition) is 6. The molecule has 0 amide bonds. The molecule has 1 saturated heterocycles. The minimum atomic E-state index is -0.882. The number of esters is 1. The number of ether oxygens (including phenoxy) is 1. The number of carbonyl (C=O) groups excluding carboxylic acids is 1. The second-order valence-electron chi connectivity index (χ2n) is 5.44. The Morgan fingerprint density at radius 3 is 2.27 bits per heavy atom. The highest BCUT2D eigenvalue weighted by atomic mass is 32.3. The van der Waals surface area contributed by atoms with E-state index >= 15 is 0 Å². The molecule has 7 heteroatoms. The summed E-state index contributed by atoms with van der Waals surface area (Å²) in [5.74, 6) is -1.30. The molecular weight excluding hydrogens is 340 g/mol. The summed E-state index contributed by atoms with van der Waals surface area (Å²) in [7, 11) is 0. The summed E-state index contributed by atoms with van der Waals surface area (Å²) < 4.78 is 5.59. The van der Waals surface area contributed by atoms with E-state index in [-0.39, 0.29) is 0 Å². The molecular formula is C15H16O4S3. The molecule has 2 rings (SSSR count). The van der Waals surface area contributed by atoms with Crippen LogP contribution in [0.3, 0.4) is 0 Å². The lowest BCUT2D eigenvalue weighted by atomic mass is 10.2.